The highest BCUT2D eigenvalue weighted by Crippen LogP contribution is 2.08. The average molecular weight is 308 g/mol. The van der Waals surface area contributed by atoms with E-state index in [0.29, 0.717) is 6.42 Å². The molecule has 0 rings (SSSR count). The summed E-state index contributed by atoms with van der Waals surface area (Å²) < 4.78 is 24.8. The highest BCUT2D eigenvalue weighted by Gasteiger charge is 2.29. The van der Waals surface area contributed by atoms with Crippen molar-refractivity contribution in [2.45, 2.75) is 46.2 Å². The van der Waals surface area contributed by atoms with Gasteiger partial charge in [-0.15, -0.1) is 0 Å². The molecule has 0 fully saturated rings. The molecule has 2 atom stereocenters. The van der Waals surface area contributed by atoms with Gasteiger partial charge in [-0.05, 0) is 18.3 Å². The number of amides is 1. The molecule has 20 heavy (non-hydrogen) atoms. The molecule has 0 saturated carbocycles. The van der Waals surface area contributed by atoms with Gasteiger partial charge in [-0.3, -0.25) is 4.79 Å². The third-order valence-electron chi connectivity index (χ3n) is 2.61. The highest BCUT2D eigenvalue weighted by atomic mass is 32.2. The van der Waals surface area contributed by atoms with Crippen LogP contribution in [-0.4, -0.2) is 43.7 Å². The molecule has 0 heterocycles. The fraction of sp³-hybridized carbons (Fsp3) is 0.833. The quantitative estimate of drug-likeness (QED) is 0.592. The van der Waals surface area contributed by atoms with Crippen LogP contribution in [0.25, 0.3) is 0 Å². The minimum atomic E-state index is -3.55. The summed E-state index contributed by atoms with van der Waals surface area (Å²) in [7, 11) is -3.55. The van der Waals surface area contributed by atoms with Crippen molar-refractivity contribution >= 4 is 21.9 Å². The van der Waals surface area contributed by atoms with E-state index >= 15 is 0 Å². The Bertz CT molecular complexity index is 445. The van der Waals surface area contributed by atoms with Crippen LogP contribution in [0.5, 0.6) is 0 Å². The number of rotatable bonds is 8. The zero-order chi connectivity index (χ0) is 16.1. The van der Waals surface area contributed by atoms with E-state index in [-0.39, 0.29) is 11.8 Å². The number of carbonyl (C=O) groups excluding carboxylic acids is 1. The van der Waals surface area contributed by atoms with Gasteiger partial charge in [-0.1, -0.05) is 27.7 Å². The van der Waals surface area contributed by atoms with Crippen molar-refractivity contribution in [1.29, 1.82) is 0 Å². The van der Waals surface area contributed by atoms with Crippen molar-refractivity contribution in [2.24, 2.45) is 11.8 Å². The molecule has 118 valence electrons. The monoisotopic (exact) mass is 308 g/mol. The van der Waals surface area contributed by atoms with Crippen molar-refractivity contribution in [3.8, 4) is 0 Å². The topological polar surface area (TPSA) is 113 Å². The molecule has 0 radical (unpaired) electrons. The predicted octanol–water partition coefficient (Wildman–Crippen LogP) is 0.176. The van der Waals surface area contributed by atoms with Gasteiger partial charge in [0, 0.05) is 0 Å². The summed E-state index contributed by atoms with van der Waals surface area (Å²) in [6.07, 6.45) is 1.26. The van der Waals surface area contributed by atoms with E-state index < -0.39 is 34.0 Å². The minimum Gasteiger partial charge on any atom is -0.480 e. The summed E-state index contributed by atoms with van der Waals surface area (Å²) in [5.41, 5.74) is 0. The molecule has 0 aromatic carbocycles. The number of sulfonamides is 1. The Labute approximate surface area is 120 Å². The van der Waals surface area contributed by atoms with Gasteiger partial charge in [0.2, 0.25) is 15.9 Å². The lowest BCUT2D eigenvalue weighted by molar-refractivity contribution is -0.143. The second-order valence-corrected chi connectivity index (χ2v) is 7.42. The molecule has 0 aliphatic carbocycles. The molecule has 1 amide bonds. The van der Waals surface area contributed by atoms with Gasteiger partial charge in [0.05, 0.1) is 6.26 Å². The van der Waals surface area contributed by atoms with Gasteiger partial charge in [0.25, 0.3) is 0 Å². The number of carbonyl (C=O) groups is 2. The second-order valence-electron chi connectivity index (χ2n) is 5.64. The van der Waals surface area contributed by atoms with E-state index in [2.05, 4.69) is 10.0 Å². The second kappa shape index (κ2) is 7.58. The van der Waals surface area contributed by atoms with Crippen molar-refractivity contribution < 1.29 is 23.1 Å². The number of carboxylic acid groups (broad SMARTS) is 1. The van der Waals surface area contributed by atoms with E-state index in [4.69, 9.17) is 5.11 Å². The number of aliphatic carboxylic acids is 1. The average Bonchev–Trinajstić information content (AvgIpc) is 2.20. The Morgan fingerprint density at radius 2 is 1.65 bits per heavy atom. The third kappa shape index (κ3) is 7.44. The molecule has 0 aliphatic heterocycles. The van der Waals surface area contributed by atoms with E-state index in [9.17, 15) is 18.0 Å². The first-order valence-corrected chi connectivity index (χ1v) is 8.33. The molecule has 0 aromatic heterocycles. The van der Waals surface area contributed by atoms with E-state index in [1.807, 2.05) is 13.8 Å². The Balaban J connectivity index is 4.99. The highest BCUT2D eigenvalue weighted by molar-refractivity contribution is 7.88. The normalized spacial score (nSPS) is 15.2. The van der Waals surface area contributed by atoms with Gasteiger partial charge in [-0.2, -0.15) is 0 Å². The molecule has 0 aromatic rings. The number of hydrogen-bond donors (Lipinski definition) is 3. The minimum absolute atomic E-state index is 0.0855. The third-order valence-corrected chi connectivity index (χ3v) is 3.32. The van der Waals surface area contributed by atoms with E-state index in [0.717, 1.165) is 6.26 Å². The molecular formula is C12H24N2O5S. The van der Waals surface area contributed by atoms with Crippen molar-refractivity contribution in [3.05, 3.63) is 0 Å². The number of nitrogens with one attached hydrogen (secondary N) is 2. The largest absolute Gasteiger partial charge is 0.480 e. The molecular weight excluding hydrogens is 284 g/mol. The Kier molecular flexibility index (Phi) is 7.15. The van der Waals surface area contributed by atoms with Crippen LogP contribution in [0.3, 0.4) is 0 Å². The fourth-order valence-corrected chi connectivity index (χ4v) is 2.43. The van der Waals surface area contributed by atoms with E-state index in [1.54, 1.807) is 13.8 Å². The summed E-state index contributed by atoms with van der Waals surface area (Å²) in [5, 5.41) is 11.4. The molecule has 0 bridgehead atoms. The van der Waals surface area contributed by atoms with Crippen LogP contribution in [-0.2, 0) is 19.6 Å². The van der Waals surface area contributed by atoms with Crippen LogP contribution in [0.4, 0.5) is 0 Å². The molecule has 3 N–H and O–H groups in total. The van der Waals surface area contributed by atoms with Gasteiger partial charge in [0.15, 0.2) is 0 Å². The van der Waals surface area contributed by atoms with Crippen molar-refractivity contribution in [2.75, 3.05) is 6.26 Å². The summed E-state index contributed by atoms with van der Waals surface area (Å²) in [4.78, 5) is 23.1. The Morgan fingerprint density at radius 3 is 1.95 bits per heavy atom. The maximum Gasteiger partial charge on any atom is 0.326 e. The summed E-state index contributed by atoms with van der Waals surface area (Å²) in [5.74, 6) is -1.97. The first-order chi connectivity index (χ1) is 8.94. The molecule has 7 nitrogen and oxygen atoms in total. The predicted molar refractivity (Wildman–Crippen MR) is 75.6 cm³/mol. The fourth-order valence-electron chi connectivity index (χ4n) is 1.71. The van der Waals surface area contributed by atoms with Crippen LogP contribution < -0.4 is 10.0 Å². The van der Waals surface area contributed by atoms with E-state index in [1.165, 1.54) is 0 Å². The van der Waals surface area contributed by atoms with Crippen molar-refractivity contribution in [1.82, 2.24) is 10.0 Å². The molecule has 0 spiro atoms. The molecule has 8 heteroatoms. The first kappa shape index (κ1) is 18.9. The molecule has 0 saturated heterocycles. The van der Waals surface area contributed by atoms with Crippen LogP contribution in [0.2, 0.25) is 0 Å². The summed E-state index contributed by atoms with van der Waals surface area (Å²) in [6, 6.07) is -2.01. The maximum atomic E-state index is 12.1. The summed E-state index contributed by atoms with van der Waals surface area (Å²) in [6.45, 7) is 7.03. The Morgan fingerprint density at radius 1 is 1.15 bits per heavy atom. The zero-order valence-electron chi connectivity index (χ0n) is 12.5. The van der Waals surface area contributed by atoms with Gasteiger partial charge in [-0.25, -0.2) is 17.9 Å². The first-order valence-electron chi connectivity index (χ1n) is 6.44. The van der Waals surface area contributed by atoms with Gasteiger partial charge in [0.1, 0.15) is 12.1 Å². The molecule has 0 aliphatic rings. The lowest BCUT2D eigenvalue weighted by atomic mass is 10.0. The number of carboxylic acids is 1. The van der Waals surface area contributed by atoms with Crippen LogP contribution in [0.15, 0.2) is 0 Å². The lowest BCUT2D eigenvalue weighted by Crippen LogP contribution is -2.53. The van der Waals surface area contributed by atoms with Crippen LogP contribution in [0, 0.1) is 11.8 Å². The van der Waals surface area contributed by atoms with Crippen LogP contribution in [0.1, 0.15) is 34.1 Å². The number of hydrogen-bond acceptors (Lipinski definition) is 4. The standard InChI is InChI=1S/C12H24N2O5S/c1-7(2)6-9(14-20(5,18)19)11(15)13-10(8(3)4)12(16)17/h7-10,14H,6H2,1-5H3,(H,13,15)(H,16,17)/t9?,10-/m0/s1. The lowest BCUT2D eigenvalue weighted by Gasteiger charge is -2.23. The zero-order valence-corrected chi connectivity index (χ0v) is 13.3. The van der Waals surface area contributed by atoms with Crippen LogP contribution >= 0.6 is 0 Å². The van der Waals surface area contributed by atoms with Gasteiger partial charge >= 0.3 is 5.97 Å². The maximum absolute atomic E-state index is 12.1. The SMILES string of the molecule is CC(C)CC(NS(C)(=O)=O)C(=O)N[C@H](C(=O)O)C(C)C. The smallest absolute Gasteiger partial charge is 0.326 e. The summed E-state index contributed by atoms with van der Waals surface area (Å²) >= 11 is 0. The molecule has 1 unspecified atom stereocenters. The van der Waals surface area contributed by atoms with Crippen molar-refractivity contribution in [3.63, 3.8) is 0 Å². The van der Waals surface area contributed by atoms with Gasteiger partial charge < -0.3 is 10.4 Å². The Hall–Kier alpha value is -1.15.